The Kier molecular flexibility index (Phi) is 2.74. The topological polar surface area (TPSA) is 55.2 Å². The second-order valence-corrected chi connectivity index (χ2v) is 5.40. The summed E-state index contributed by atoms with van der Waals surface area (Å²) >= 11 is 0. The normalized spacial score (nSPS) is 19.0. The summed E-state index contributed by atoms with van der Waals surface area (Å²) in [5.41, 5.74) is 3.09. The maximum Gasteiger partial charge on any atom is 0.235 e. The molecule has 1 aliphatic rings. The first kappa shape index (κ1) is 13.0. The molecule has 0 radical (unpaired) electrons. The SMILES string of the molecule is CC1(O)Oc2ccccc2-c2nc(-c3ccccc3)ncc21. The van der Waals surface area contributed by atoms with Crippen LogP contribution in [0.2, 0.25) is 0 Å². The largest absolute Gasteiger partial charge is 0.458 e. The first-order chi connectivity index (χ1) is 10.6. The van der Waals surface area contributed by atoms with Gasteiger partial charge in [0.2, 0.25) is 5.79 Å². The number of fused-ring (bicyclic) bond motifs is 3. The predicted octanol–water partition coefficient (Wildman–Crippen LogP) is 3.37. The molecule has 0 saturated heterocycles. The minimum absolute atomic E-state index is 0.575. The Morgan fingerprint density at radius 3 is 2.55 bits per heavy atom. The summed E-state index contributed by atoms with van der Waals surface area (Å²) in [7, 11) is 0. The molecule has 0 bridgehead atoms. The van der Waals surface area contributed by atoms with E-state index in [-0.39, 0.29) is 0 Å². The van der Waals surface area contributed by atoms with Gasteiger partial charge >= 0.3 is 0 Å². The highest BCUT2D eigenvalue weighted by atomic mass is 16.6. The summed E-state index contributed by atoms with van der Waals surface area (Å²) in [6, 6.07) is 17.3. The van der Waals surface area contributed by atoms with Crippen LogP contribution in [0, 0.1) is 0 Å². The molecule has 2 heterocycles. The number of hydrogen-bond donors (Lipinski definition) is 1. The summed E-state index contributed by atoms with van der Waals surface area (Å²) in [4.78, 5) is 9.05. The number of ether oxygens (including phenoxy) is 1. The molecule has 22 heavy (non-hydrogen) atoms. The Morgan fingerprint density at radius 2 is 1.73 bits per heavy atom. The van der Waals surface area contributed by atoms with E-state index >= 15 is 0 Å². The number of benzene rings is 2. The molecule has 0 amide bonds. The van der Waals surface area contributed by atoms with Gasteiger partial charge in [-0.25, -0.2) is 9.97 Å². The Bertz CT molecular complexity index is 845. The van der Waals surface area contributed by atoms with Crippen molar-refractivity contribution < 1.29 is 9.84 Å². The zero-order valence-corrected chi connectivity index (χ0v) is 12.0. The van der Waals surface area contributed by atoms with Crippen molar-refractivity contribution in [3.8, 4) is 28.4 Å². The van der Waals surface area contributed by atoms with Gasteiger partial charge in [-0.1, -0.05) is 42.5 Å². The number of aromatic nitrogens is 2. The van der Waals surface area contributed by atoms with Gasteiger partial charge in [-0.15, -0.1) is 0 Å². The van der Waals surface area contributed by atoms with Gasteiger partial charge in [0, 0.05) is 24.2 Å². The van der Waals surface area contributed by atoms with Gasteiger partial charge in [0.15, 0.2) is 5.82 Å². The van der Waals surface area contributed by atoms with Gasteiger partial charge in [0.05, 0.1) is 11.3 Å². The minimum Gasteiger partial charge on any atom is -0.458 e. The Morgan fingerprint density at radius 1 is 1.00 bits per heavy atom. The zero-order chi connectivity index (χ0) is 15.2. The summed E-state index contributed by atoms with van der Waals surface area (Å²) in [5, 5.41) is 10.5. The van der Waals surface area contributed by atoms with E-state index in [0.717, 1.165) is 11.1 Å². The average Bonchev–Trinajstić information content (AvgIpc) is 2.55. The number of para-hydroxylation sites is 1. The minimum atomic E-state index is -1.43. The molecule has 4 rings (SSSR count). The second-order valence-electron chi connectivity index (χ2n) is 5.40. The molecule has 0 spiro atoms. The molecule has 0 saturated carbocycles. The quantitative estimate of drug-likeness (QED) is 0.746. The highest BCUT2D eigenvalue weighted by Crippen LogP contribution is 2.42. The molecule has 108 valence electrons. The smallest absolute Gasteiger partial charge is 0.235 e. The summed E-state index contributed by atoms with van der Waals surface area (Å²) in [5.74, 6) is -0.177. The van der Waals surface area contributed by atoms with Crippen molar-refractivity contribution in [1.29, 1.82) is 0 Å². The van der Waals surface area contributed by atoms with Gasteiger partial charge in [-0.2, -0.15) is 0 Å². The fraction of sp³-hybridized carbons (Fsp3) is 0.111. The third-order valence-electron chi connectivity index (χ3n) is 3.77. The maximum atomic E-state index is 10.5. The second kappa shape index (κ2) is 4.64. The summed E-state index contributed by atoms with van der Waals surface area (Å²) < 4.78 is 5.67. The van der Waals surface area contributed by atoms with E-state index < -0.39 is 5.79 Å². The fourth-order valence-electron chi connectivity index (χ4n) is 2.67. The molecular weight excluding hydrogens is 276 g/mol. The molecule has 1 N–H and O–H groups in total. The lowest BCUT2D eigenvalue weighted by molar-refractivity contribution is -0.131. The zero-order valence-electron chi connectivity index (χ0n) is 12.0. The highest BCUT2D eigenvalue weighted by molar-refractivity contribution is 5.74. The van der Waals surface area contributed by atoms with E-state index in [1.165, 1.54) is 0 Å². The van der Waals surface area contributed by atoms with Crippen LogP contribution in [0.5, 0.6) is 5.75 Å². The van der Waals surface area contributed by atoms with Gasteiger partial charge in [0.25, 0.3) is 0 Å². The average molecular weight is 290 g/mol. The monoisotopic (exact) mass is 290 g/mol. The van der Waals surface area contributed by atoms with Crippen LogP contribution in [0.15, 0.2) is 60.8 Å². The van der Waals surface area contributed by atoms with Crippen molar-refractivity contribution in [2.24, 2.45) is 0 Å². The molecule has 4 heteroatoms. The van der Waals surface area contributed by atoms with Crippen molar-refractivity contribution in [2.45, 2.75) is 12.7 Å². The van der Waals surface area contributed by atoms with E-state index in [4.69, 9.17) is 4.74 Å². The van der Waals surface area contributed by atoms with Crippen LogP contribution in [-0.2, 0) is 5.79 Å². The van der Waals surface area contributed by atoms with Crippen molar-refractivity contribution in [3.63, 3.8) is 0 Å². The lowest BCUT2D eigenvalue weighted by Gasteiger charge is -2.32. The summed E-state index contributed by atoms with van der Waals surface area (Å²) in [6.45, 7) is 1.60. The first-order valence-electron chi connectivity index (χ1n) is 7.09. The van der Waals surface area contributed by atoms with Crippen LogP contribution in [0.25, 0.3) is 22.6 Å². The van der Waals surface area contributed by atoms with Gasteiger partial charge in [-0.05, 0) is 12.1 Å². The number of nitrogens with zero attached hydrogens (tertiary/aromatic N) is 2. The van der Waals surface area contributed by atoms with Gasteiger partial charge in [0.1, 0.15) is 5.75 Å². The van der Waals surface area contributed by atoms with Crippen LogP contribution < -0.4 is 4.74 Å². The Labute approximate surface area is 128 Å². The van der Waals surface area contributed by atoms with Crippen LogP contribution in [-0.4, -0.2) is 15.1 Å². The van der Waals surface area contributed by atoms with E-state index in [1.807, 2.05) is 54.6 Å². The number of hydrogen-bond acceptors (Lipinski definition) is 4. The maximum absolute atomic E-state index is 10.5. The molecule has 1 atom stereocenters. The lowest BCUT2D eigenvalue weighted by atomic mass is 9.97. The lowest BCUT2D eigenvalue weighted by Crippen LogP contribution is -2.33. The predicted molar refractivity (Wildman–Crippen MR) is 83.1 cm³/mol. The number of rotatable bonds is 1. The third-order valence-corrected chi connectivity index (χ3v) is 3.77. The molecule has 2 aromatic carbocycles. The highest BCUT2D eigenvalue weighted by Gasteiger charge is 2.36. The molecule has 1 aromatic heterocycles. The molecular formula is C18H14N2O2. The van der Waals surface area contributed by atoms with Crippen LogP contribution in [0.3, 0.4) is 0 Å². The molecule has 1 aliphatic heterocycles. The molecule has 1 unspecified atom stereocenters. The van der Waals surface area contributed by atoms with Crippen molar-refractivity contribution in [2.75, 3.05) is 0 Å². The summed E-state index contributed by atoms with van der Waals surface area (Å²) in [6.07, 6.45) is 1.64. The first-order valence-corrected chi connectivity index (χ1v) is 7.09. The Balaban J connectivity index is 1.95. The van der Waals surface area contributed by atoms with Crippen LogP contribution in [0.1, 0.15) is 12.5 Å². The van der Waals surface area contributed by atoms with Crippen molar-refractivity contribution >= 4 is 0 Å². The van der Waals surface area contributed by atoms with Gasteiger partial charge in [-0.3, -0.25) is 0 Å². The van der Waals surface area contributed by atoms with E-state index in [1.54, 1.807) is 13.1 Å². The Hall–Kier alpha value is -2.72. The van der Waals surface area contributed by atoms with Crippen molar-refractivity contribution in [1.82, 2.24) is 9.97 Å². The molecule has 0 fully saturated rings. The van der Waals surface area contributed by atoms with Crippen LogP contribution >= 0.6 is 0 Å². The van der Waals surface area contributed by atoms with Crippen LogP contribution in [0.4, 0.5) is 0 Å². The molecule has 0 aliphatic carbocycles. The van der Waals surface area contributed by atoms with E-state index in [2.05, 4.69) is 9.97 Å². The number of aliphatic hydroxyl groups is 1. The van der Waals surface area contributed by atoms with Crippen molar-refractivity contribution in [3.05, 3.63) is 66.4 Å². The van der Waals surface area contributed by atoms with Gasteiger partial charge < -0.3 is 9.84 Å². The standard InChI is InChI=1S/C18H14N2O2/c1-18(21)14-11-19-17(12-7-3-2-4-8-12)20-16(14)13-9-5-6-10-15(13)22-18/h2-11,21H,1H3. The molecule has 4 nitrogen and oxygen atoms in total. The van der Waals surface area contributed by atoms with E-state index in [0.29, 0.717) is 22.8 Å². The van der Waals surface area contributed by atoms with E-state index in [9.17, 15) is 5.11 Å². The fourth-order valence-corrected chi connectivity index (χ4v) is 2.67. The third kappa shape index (κ3) is 1.96. The molecule has 3 aromatic rings.